The van der Waals surface area contributed by atoms with E-state index >= 15 is 0 Å². The Balaban J connectivity index is 0.00000144. The van der Waals surface area contributed by atoms with Crippen LogP contribution in [0.5, 0.6) is 0 Å². The summed E-state index contributed by atoms with van der Waals surface area (Å²) in [5.74, 6) is 0. The molecule has 1 aromatic rings. The van der Waals surface area contributed by atoms with E-state index in [4.69, 9.17) is 5.73 Å². The second-order valence-electron chi connectivity index (χ2n) is 2.99. The quantitative estimate of drug-likeness (QED) is 0.788. The largest absolute Gasteiger partial charge is 0.328 e. The van der Waals surface area contributed by atoms with Crippen molar-refractivity contribution in [1.82, 2.24) is 0 Å². The molecule has 3 heteroatoms. The highest BCUT2D eigenvalue weighted by Crippen LogP contribution is 2.20. The maximum absolute atomic E-state index is 5.74. The van der Waals surface area contributed by atoms with E-state index < -0.39 is 0 Å². The highest BCUT2D eigenvalue weighted by atomic mass is 35.5. The van der Waals surface area contributed by atoms with Gasteiger partial charge in [-0.15, -0.1) is 24.2 Å². The van der Waals surface area contributed by atoms with Crippen molar-refractivity contribution in [2.24, 2.45) is 5.73 Å². The first-order valence-electron chi connectivity index (χ1n) is 4.11. The van der Waals surface area contributed by atoms with Gasteiger partial charge in [-0.2, -0.15) is 0 Å². The fourth-order valence-electron chi connectivity index (χ4n) is 1.22. The van der Waals surface area contributed by atoms with Crippen LogP contribution in [-0.2, 0) is 6.42 Å². The fourth-order valence-corrected chi connectivity index (χ4v) is 1.85. The van der Waals surface area contributed by atoms with Crippen LogP contribution >= 0.6 is 24.2 Å². The molecule has 0 heterocycles. The van der Waals surface area contributed by atoms with Crippen molar-refractivity contribution in [3.05, 3.63) is 29.8 Å². The minimum atomic E-state index is 0. The van der Waals surface area contributed by atoms with E-state index in [1.807, 2.05) is 6.92 Å². The zero-order chi connectivity index (χ0) is 8.97. The van der Waals surface area contributed by atoms with Gasteiger partial charge in [-0.25, -0.2) is 0 Å². The molecule has 0 bridgehead atoms. The van der Waals surface area contributed by atoms with Crippen molar-refractivity contribution >= 4 is 24.2 Å². The van der Waals surface area contributed by atoms with Crippen LogP contribution in [0.2, 0.25) is 0 Å². The summed E-state index contributed by atoms with van der Waals surface area (Å²) in [7, 11) is 0. The first-order chi connectivity index (χ1) is 5.74. The summed E-state index contributed by atoms with van der Waals surface area (Å²) in [5.41, 5.74) is 7.10. The molecule has 0 fully saturated rings. The van der Waals surface area contributed by atoms with E-state index in [9.17, 15) is 0 Å². The van der Waals surface area contributed by atoms with E-state index in [1.54, 1.807) is 11.8 Å². The zero-order valence-corrected chi connectivity index (χ0v) is 9.62. The van der Waals surface area contributed by atoms with E-state index in [2.05, 4.69) is 30.5 Å². The molecule has 74 valence electrons. The minimum absolute atomic E-state index is 0. The van der Waals surface area contributed by atoms with Crippen LogP contribution in [0.25, 0.3) is 0 Å². The average Bonchev–Trinajstić information content (AvgIpc) is 2.04. The van der Waals surface area contributed by atoms with Crippen LogP contribution in [0, 0.1) is 0 Å². The highest BCUT2D eigenvalue weighted by Gasteiger charge is 2.02. The summed E-state index contributed by atoms with van der Waals surface area (Å²) < 4.78 is 0. The number of nitrogens with two attached hydrogens (primary N) is 1. The average molecular weight is 218 g/mol. The van der Waals surface area contributed by atoms with Gasteiger partial charge >= 0.3 is 0 Å². The minimum Gasteiger partial charge on any atom is -0.328 e. The van der Waals surface area contributed by atoms with Gasteiger partial charge in [-0.1, -0.05) is 18.2 Å². The molecule has 0 spiro atoms. The lowest BCUT2D eigenvalue weighted by atomic mass is 10.1. The molecule has 0 aliphatic heterocycles. The molecule has 0 saturated carbocycles. The maximum Gasteiger partial charge on any atom is 0.0102 e. The Morgan fingerprint density at radius 2 is 2.00 bits per heavy atom. The van der Waals surface area contributed by atoms with Gasteiger partial charge in [0, 0.05) is 10.9 Å². The van der Waals surface area contributed by atoms with Gasteiger partial charge in [0.1, 0.15) is 0 Å². The smallest absolute Gasteiger partial charge is 0.0102 e. The summed E-state index contributed by atoms with van der Waals surface area (Å²) in [6, 6.07) is 8.67. The highest BCUT2D eigenvalue weighted by molar-refractivity contribution is 7.98. The number of hydrogen-bond acceptors (Lipinski definition) is 2. The standard InChI is InChI=1S/C10H15NS.ClH/c1-8(11)7-9-5-3-4-6-10(9)12-2;/h3-6,8H,7,11H2,1-2H3;1H. The first kappa shape index (κ1) is 12.8. The monoisotopic (exact) mass is 217 g/mol. The summed E-state index contributed by atoms with van der Waals surface area (Å²) in [4.78, 5) is 1.34. The number of benzene rings is 1. The fraction of sp³-hybridized carbons (Fsp3) is 0.400. The Hall–Kier alpha value is -0.180. The molecule has 0 aliphatic rings. The van der Waals surface area contributed by atoms with Crippen molar-refractivity contribution in [3.8, 4) is 0 Å². The molecule has 1 atom stereocenters. The van der Waals surface area contributed by atoms with Gasteiger partial charge in [0.2, 0.25) is 0 Å². The molecule has 0 saturated heterocycles. The third kappa shape index (κ3) is 4.03. The Kier molecular flexibility index (Phi) is 6.21. The summed E-state index contributed by atoms with van der Waals surface area (Å²) in [6.45, 7) is 2.04. The van der Waals surface area contributed by atoms with Gasteiger partial charge in [-0.05, 0) is 31.2 Å². The Morgan fingerprint density at radius 3 is 2.54 bits per heavy atom. The molecule has 1 aromatic carbocycles. The molecule has 0 amide bonds. The summed E-state index contributed by atoms with van der Waals surface area (Å²) in [6.07, 6.45) is 3.07. The van der Waals surface area contributed by atoms with Gasteiger partial charge in [0.05, 0.1) is 0 Å². The maximum atomic E-state index is 5.74. The van der Waals surface area contributed by atoms with Gasteiger partial charge in [-0.3, -0.25) is 0 Å². The Bertz CT molecular complexity index is 250. The molecule has 0 aliphatic carbocycles. The number of halogens is 1. The lowest BCUT2D eigenvalue weighted by molar-refractivity contribution is 0.729. The molecule has 2 N–H and O–H groups in total. The zero-order valence-electron chi connectivity index (χ0n) is 7.99. The van der Waals surface area contributed by atoms with E-state index in [0.29, 0.717) is 0 Å². The normalized spacial score (nSPS) is 11.9. The van der Waals surface area contributed by atoms with Crippen LogP contribution in [0.3, 0.4) is 0 Å². The second kappa shape index (κ2) is 6.30. The molecular weight excluding hydrogens is 202 g/mol. The predicted molar refractivity (Wildman–Crippen MR) is 62.8 cm³/mol. The lowest BCUT2D eigenvalue weighted by Crippen LogP contribution is -2.18. The van der Waals surface area contributed by atoms with Crippen LogP contribution in [0.4, 0.5) is 0 Å². The third-order valence-corrected chi connectivity index (χ3v) is 2.57. The van der Waals surface area contributed by atoms with Crippen molar-refractivity contribution in [3.63, 3.8) is 0 Å². The van der Waals surface area contributed by atoms with Crippen LogP contribution < -0.4 is 5.73 Å². The Morgan fingerprint density at radius 1 is 1.38 bits per heavy atom. The van der Waals surface area contributed by atoms with Crippen molar-refractivity contribution in [2.45, 2.75) is 24.3 Å². The topological polar surface area (TPSA) is 26.0 Å². The molecular formula is C10H16ClNS. The van der Waals surface area contributed by atoms with Crippen LogP contribution in [0.15, 0.2) is 29.2 Å². The molecule has 13 heavy (non-hydrogen) atoms. The van der Waals surface area contributed by atoms with Crippen molar-refractivity contribution in [1.29, 1.82) is 0 Å². The van der Waals surface area contributed by atoms with E-state index in [-0.39, 0.29) is 18.4 Å². The van der Waals surface area contributed by atoms with Gasteiger partial charge in [0.25, 0.3) is 0 Å². The molecule has 0 aromatic heterocycles. The molecule has 1 rings (SSSR count). The van der Waals surface area contributed by atoms with E-state index in [1.165, 1.54) is 10.5 Å². The molecule has 1 nitrogen and oxygen atoms in total. The number of rotatable bonds is 3. The van der Waals surface area contributed by atoms with Crippen LogP contribution in [-0.4, -0.2) is 12.3 Å². The second-order valence-corrected chi connectivity index (χ2v) is 3.84. The molecule has 0 radical (unpaired) electrons. The summed E-state index contributed by atoms with van der Waals surface area (Å²) in [5, 5.41) is 0. The SMILES string of the molecule is CSc1ccccc1CC(C)N.Cl. The van der Waals surface area contributed by atoms with Crippen molar-refractivity contribution < 1.29 is 0 Å². The van der Waals surface area contributed by atoms with Crippen molar-refractivity contribution in [2.75, 3.05) is 6.26 Å². The van der Waals surface area contributed by atoms with Crippen LogP contribution in [0.1, 0.15) is 12.5 Å². The Labute approximate surface area is 90.5 Å². The summed E-state index contributed by atoms with van der Waals surface area (Å²) >= 11 is 1.78. The van der Waals surface area contributed by atoms with E-state index in [0.717, 1.165) is 6.42 Å². The predicted octanol–water partition coefficient (Wildman–Crippen LogP) is 2.72. The van der Waals surface area contributed by atoms with Gasteiger partial charge < -0.3 is 5.73 Å². The third-order valence-electron chi connectivity index (χ3n) is 1.73. The number of thioether (sulfide) groups is 1. The number of hydrogen-bond donors (Lipinski definition) is 1. The molecule has 1 unspecified atom stereocenters. The first-order valence-corrected chi connectivity index (χ1v) is 5.34. The van der Waals surface area contributed by atoms with Gasteiger partial charge in [0.15, 0.2) is 0 Å². The lowest BCUT2D eigenvalue weighted by Gasteiger charge is -2.08.